The number of nitrogens with zero attached hydrogens (tertiary/aromatic N) is 1. The number of halogens is 2. The number of anilines is 1. The van der Waals surface area contributed by atoms with Gasteiger partial charge in [-0.25, -0.2) is 17.1 Å². The second kappa shape index (κ2) is 7.51. The molecule has 6 nitrogen and oxygen atoms in total. The van der Waals surface area contributed by atoms with Crippen LogP contribution in [0.15, 0.2) is 45.8 Å². The molecule has 2 aromatic carbocycles. The van der Waals surface area contributed by atoms with Crippen LogP contribution in [-0.2, 0) is 10.0 Å². The second-order valence-electron chi connectivity index (χ2n) is 5.23. The van der Waals surface area contributed by atoms with Crippen molar-refractivity contribution < 1.29 is 22.3 Å². The molecule has 0 heterocycles. The van der Waals surface area contributed by atoms with E-state index in [0.29, 0.717) is 5.75 Å². The van der Waals surface area contributed by atoms with Crippen LogP contribution in [0.5, 0.6) is 5.75 Å². The zero-order valence-electron chi connectivity index (χ0n) is 13.7. The van der Waals surface area contributed by atoms with Crippen LogP contribution in [0.1, 0.15) is 10.4 Å². The molecule has 0 aliphatic heterocycles. The normalized spacial score (nSPS) is 11.4. The summed E-state index contributed by atoms with van der Waals surface area (Å²) in [6.07, 6.45) is 0. The summed E-state index contributed by atoms with van der Waals surface area (Å²) < 4.78 is 44.2. The summed E-state index contributed by atoms with van der Waals surface area (Å²) in [5.74, 6) is -0.728. The number of carbonyl (C=O) groups is 1. The van der Waals surface area contributed by atoms with Gasteiger partial charge in [-0.15, -0.1) is 0 Å². The fourth-order valence-electron chi connectivity index (χ4n) is 2.02. The highest BCUT2D eigenvalue weighted by Gasteiger charge is 2.20. The topological polar surface area (TPSA) is 75.7 Å². The van der Waals surface area contributed by atoms with Crippen LogP contribution in [0.25, 0.3) is 0 Å². The van der Waals surface area contributed by atoms with E-state index in [4.69, 9.17) is 4.74 Å². The molecule has 1 N–H and O–H groups in total. The molecular formula is C16H16BrFN2O4S. The molecule has 1 amide bonds. The Bertz CT molecular complexity index is 916. The summed E-state index contributed by atoms with van der Waals surface area (Å²) in [5.41, 5.74) is 0.385. The fraction of sp³-hybridized carbons (Fsp3) is 0.188. The van der Waals surface area contributed by atoms with Crippen LogP contribution in [0.2, 0.25) is 0 Å². The molecule has 0 saturated heterocycles. The van der Waals surface area contributed by atoms with Crippen molar-refractivity contribution in [1.29, 1.82) is 0 Å². The second-order valence-corrected chi connectivity index (χ2v) is 8.23. The summed E-state index contributed by atoms with van der Waals surface area (Å²) >= 11 is 3.13. The van der Waals surface area contributed by atoms with Gasteiger partial charge in [-0.1, -0.05) is 0 Å². The monoisotopic (exact) mass is 430 g/mol. The highest BCUT2D eigenvalue weighted by Crippen LogP contribution is 2.29. The molecule has 0 aromatic heterocycles. The summed E-state index contributed by atoms with van der Waals surface area (Å²) in [4.78, 5) is 12.4. The van der Waals surface area contributed by atoms with Crippen LogP contribution in [0.3, 0.4) is 0 Å². The first-order chi connectivity index (χ1) is 11.7. The summed E-state index contributed by atoms with van der Waals surface area (Å²) in [6, 6.07) is 7.79. The third kappa shape index (κ3) is 4.17. The van der Waals surface area contributed by atoms with Crippen molar-refractivity contribution in [1.82, 2.24) is 4.31 Å². The van der Waals surface area contributed by atoms with Crippen molar-refractivity contribution in [2.75, 3.05) is 26.5 Å². The third-order valence-electron chi connectivity index (χ3n) is 3.37. The zero-order valence-corrected chi connectivity index (χ0v) is 16.1. The number of rotatable bonds is 5. The van der Waals surface area contributed by atoms with E-state index < -0.39 is 21.7 Å². The predicted octanol–water partition coefficient (Wildman–Crippen LogP) is 3.10. The molecule has 134 valence electrons. The maximum atomic E-state index is 13.2. The fourth-order valence-corrected chi connectivity index (χ4v) is 3.48. The van der Waals surface area contributed by atoms with Crippen molar-refractivity contribution in [3.63, 3.8) is 0 Å². The Labute approximate surface area is 153 Å². The first kappa shape index (κ1) is 19.4. The molecule has 0 radical (unpaired) electrons. The minimum Gasteiger partial charge on any atom is -0.495 e. The molecule has 9 heteroatoms. The quantitative estimate of drug-likeness (QED) is 0.790. The van der Waals surface area contributed by atoms with E-state index in [-0.39, 0.29) is 20.6 Å². The Kier molecular flexibility index (Phi) is 5.81. The van der Waals surface area contributed by atoms with E-state index in [1.807, 2.05) is 0 Å². The number of carbonyl (C=O) groups excluding carboxylic acids is 1. The number of benzene rings is 2. The maximum Gasteiger partial charge on any atom is 0.256 e. The number of hydrogen-bond acceptors (Lipinski definition) is 4. The molecule has 0 spiro atoms. The number of sulfonamides is 1. The average Bonchev–Trinajstić information content (AvgIpc) is 2.54. The Morgan fingerprint density at radius 1 is 1.20 bits per heavy atom. The van der Waals surface area contributed by atoms with Crippen LogP contribution >= 0.6 is 15.9 Å². The lowest BCUT2D eigenvalue weighted by atomic mass is 10.2. The molecule has 0 fully saturated rings. The van der Waals surface area contributed by atoms with Gasteiger partial charge in [-0.3, -0.25) is 4.79 Å². The van der Waals surface area contributed by atoms with Gasteiger partial charge in [0.15, 0.2) is 0 Å². The standard InChI is InChI=1S/C16H16BrFN2O4S/c1-20(2)25(22,23)11-5-7-15(24-3)14(9-11)19-16(21)12-6-4-10(18)8-13(12)17/h4-9H,1-3H3,(H,19,21). The van der Waals surface area contributed by atoms with Gasteiger partial charge in [0.2, 0.25) is 10.0 Å². The molecule has 0 aliphatic carbocycles. The van der Waals surface area contributed by atoms with Gasteiger partial charge in [-0.05, 0) is 52.3 Å². The van der Waals surface area contributed by atoms with Gasteiger partial charge < -0.3 is 10.1 Å². The minimum atomic E-state index is -3.67. The van der Waals surface area contributed by atoms with Gasteiger partial charge in [0.25, 0.3) is 5.91 Å². The van der Waals surface area contributed by atoms with Crippen LogP contribution in [0.4, 0.5) is 10.1 Å². The van der Waals surface area contributed by atoms with E-state index in [9.17, 15) is 17.6 Å². The van der Waals surface area contributed by atoms with Gasteiger partial charge in [0, 0.05) is 18.6 Å². The van der Waals surface area contributed by atoms with Crippen molar-refractivity contribution in [2.24, 2.45) is 0 Å². The van der Waals surface area contributed by atoms with Gasteiger partial charge in [0.05, 0.1) is 23.3 Å². The average molecular weight is 431 g/mol. The summed E-state index contributed by atoms with van der Waals surface area (Å²) in [5, 5.41) is 2.59. The molecule has 0 unspecified atom stereocenters. The lowest BCUT2D eigenvalue weighted by Gasteiger charge is -2.15. The third-order valence-corrected chi connectivity index (χ3v) is 5.84. The maximum absolute atomic E-state index is 13.2. The van der Waals surface area contributed by atoms with E-state index in [2.05, 4.69) is 21.2 Å². The predicted molar refractivity (Wildman–Crippen MR) is 95.9 cm³/mol. The summed E-state index contributed by atoms with van der Waals surface area (Å²) in [6.45, 7) is 0. The van der Waals surface area contributed by atoms with Crippen LogP contribution < -0.4 is 10.1 Å². The Balaban J connectivity index is 2.42. The van der Waals surface area contributed by atoms with Crippen molar-refractivity contribution in [2.45, 2.75) is 4.90 Å². The number of nitrogens with one attached hydrogen (secondary N) is 1. The highest BCUT2D eigenvalue weighted by molar-refractivity contribution is 9.10. The van der Waals surface area contributed by atoms with Gasteiger partial charge in [0.1, 0.15) is 11.6 Å². The number of amides is 1. The zero-order chi connectivity index (χ0) is 18.8. The minimum absolute atomic E-state index is 0.00627. The lowest BCUT2D eigenvalue weighted by Crippen LogP contribution is -2.22. The van der Waals surface area contributed by atoms with Crippen molar-refractivity contribution in [3.8, 4) is 5.75 Å². The molecule has 25 heavy (non-hydrogen) atoms. The van der Waals surface area contributed by atoms with E-state index >= 15 is 0 Å². The highest BCUT2D eigenvalue weighted by atomic mass is 79.9. The lowest BCUT2D eigenvalue weighted by molar-refractivity contribution is 0.102. The Hall–Kier alpha value is -1.97. The van der Waals surface area contributed by atoms with E-state index in [1.165, 1.54) is 51.5 Å². The van der Waals surface area contributed by atoms with Crippen molar-refractivity contribution in [3.05, 3.63) is 52.3 Å². The van der Waals surface area contributed by atoms with Crippen molar-refractivity contribution >= 4 is 37.5 Å². The smallest absolute Gasteiger partial charge is 0.256 e. The molecule has 2 aromatic rings. The van der Waals surface area contributed by atoms with Gasteiger partial charge in [-0.2, -0.15) is 0 Å². The first-order valence-electron chi connectivity index (χ1n) is 7.03. The SMILES string of the molecule is COc1ccc(S(=O)(=O)N(C)C)cc1NC(=O)c1ccc(F)cc1Br. The summed E-state index contributed by atoms with van der Waals surface area (Å²) in [7, 11) is 0.551. The molecular weight excluding hydrogens is 415 g/mol. The number of ether oxygens (including phenoxy) is 1. The first-order valence-corrected chi connectivity index (χ1v) is 9.27. The molecule has 0 bridgehead atoms. The Morgan fingerprint density at radius 2 is 1.88 bits per heavy atom. The van der Waals surface area contributed by atoms with E-state index in [0.717, 1.165) is 10.4 Å². The molecule has 0 aliphatic rings. The van der Waals surface area contributed by atoms with Gasteiger partial charge >= 0.3 is 0 Å². The number of methoxy groups -OCH3 is 1. The van der Waals surface area contributed by atoms with Crippen LogP contribution in [0, 0.1) is 5.82 Å². The number of hydrogen-bond donors (Lipinski definition) is 1. The molecule has 0 atom stereocenters. The Morgan fingerprint density at radius 3 is 2.44 bits per heavy atom. The van der Waals surface area contributed by atoms with E-state index in [1.54, 1.807) is 0 Å². The van der Waals surface area contributed by atoms with Crippen LogP contribution in [-0.4, -0.2) is 39.8 Å². The molecule has 0 saturated carbocycles. The molecule has 2 rings (SSSR count). The largest absolute Gasteiger partial charge is 0.495 e.